The van der Waals surface area contributed by atoms with Crippen molar-refractivity contribution in [2.45, 2.75) is 26.7 Å². The molecule has 0 spiro atoms. The van der Waals surface area contributed by atoms with Crippen LogP contribution in [0.25, 0.3) is 0 Å². The molecule has 3 heteroatoms. The standard InChI is InChI=1S/C13H17BrO2/c1-9(2)12(15)6-4-10-5-7-13(16-3)11(14)8-10/h5,7-9H,4,6H2,1-3H3. The summed E-state index contributed by atoms with van der Waals surface area (Å²) in [5, 5.41) is 0. The van der Waals surface area contributed by atoms with Crippen molar-refractivity contribution in [3.63, 3.8) is 0 Å². The van der Waals surface area contributed by atoms with E-state index in [2.05, 4.69) is 15.9 Å². The number of methoxy groups -OCH3 is 1. The van der Waals surface area contributed by atoms with Gasteiger partial charge in [0.25, 0.3) is 0 Å². The predicted molar refractivity (Wildman–Crippen MR) is 68.9 cm³/mol. The fourth-order valence-corrected chi connectivity index (χ4v) is 2.01. The number of benzene rings is 1. The van der Waals surface area contributed by atoms with E-state index in [4.69, 9.17) is 4.74 Å². The van der Waals surface area contributed by atoms with E-state index in [0.717, 1.165) is 22.2 Å². The number of rotatable bonds is 5. The van der Waals surface area contributed by atoms with Gasteiger partial charge in [-0.1, -0.05) is 19.9 Å². The number of hydrogen-bond acceptors (Lipinski definition) is 2. The number of Topliss-reactive ketones (excluding diaryl/α,β-unsaturated/α-hetero) is 1. The summed E-state index contributed by atoms with van der Waals surface area (Å²) in [6.45, 7) is 3.87. The molecule has 0 aromatic heterocycles. The molecule has 0 unspecified atom stereocenters. The van der Waals surface area contributed by atoms with Gasteiger partial charge in [-0.05, 0) is 40.0 Å². The van der Waals surface area contributed by atoms with Crippen LogP contribution in [0.5, 0.6) is 5.75 Å². The second kappa shape index (κ2) is 6.04. The molecule has 1 aromatic rings. The summed E-state index contributed by atoms with van der Waals surface area (Å²) in [5.74, 6) is 1.26. The van der Waals surface area contributed by atoms with Crippen molar-refractivity contribution in [1.29, 1.82) is 0 Å². The van der Waals surface area contributed by atoms with Gasteiger partial charge in [-0.3, -0.25) is 4.79 Å². The maximum atomic E-state index is 11.5. The van der Waals surface area contributed by atoms with Gasteiger partial charge < -0.3 is 4.74 Å². The minimum absolute atomic E-state index is 0.127. The second-order valence-electron chi connectivity index (χ2n) is 4.09. The average molecular weight is 285 g/mol. The van der Waals surface area contributed by atoms with Crippen LogP contribution in [0.2, 0.25) is 0 Å². The molecule has 0 aliphatic carbocycles. The Morgan fingerprint density at radius 3 is 2.62 bits per heavy atom. The summed E-state index contributed by atoms with van der Waals surface area (Å²) >= 11 is 3.43. The lowest BCUT2D eigenvalue weighted by Gasteiger charge is -2.07. The Hall–Kier alpha value is -0.830. The lowest BCUT2D eigenvalue weighted by molar-refractivity contribution is -0.121. The molecule has 0 radical (unpaired) electrons. The van der Waals surface area contributed by atoms with Gasteiger partial charge in [0.1, 0.15) is 11.5 Å². The number of ether oxygens (including phenoxy) is 1. The van der Waals surface area contributed by atoms with Crippen LogP contribution in [0, 0.1) is 5.92 Å². The minimum atomic E-state index is 0.127. The van der Waals surface area contributed by atoms with E-state index in [9.17, 15) is 4.79 Å². The van der Waals surface area contributed by atoms with Gasteiger partial charge in [0.05, 0.1) is 11.6 Å². The summed E-state index contributed by atoms with van der Waals surface area (Å²) in [5.41, 5.74) is 1.15. The molecular formula is C13H17BrO2. The van der Waals surface area contributed by atoms with E-state index in [1.807, 2.05) is 32.0 Å². The van der Waals surface area contributed by atoms with Gasteiger partial charge >= 0.3 is 0 Å². The quantitative estimate of drug-likeness (QED) is 0.826. The van der Waals surface area contributed by atoms with Gasteiger partial charge in [0.2, 0.25) is 0 Å². The van der Waals surface area contributed by atoms with Crippen molar-refractivity contribution >= 4 is 21.7 Å². The number of ketones is 1. The molecule has 0 heterocycles. The molecule has 2 nitrogen and oxygen atoms in total. The van der Waals surface area contributed by atoms with Crippen molar-refractivity contribution in [3.8, 4) is 5.75 Å². The Morgan fingerprint density at radius 1 is 1.44 bits per heavy atom. The van der Waals surface area contributed by atoms with Gasteiger partial charge in [-0.2, -0.15) is 0 Å². The van der Waals surface area contributed by atoms with Gasteiger partial charge in [0, 0.05) is 12.3 Å². The lowest BCUT2D eigenvalue weighted by Crippen LogP contribution is -2.07. The molecule has 1 rings (SSSR count). The summed E-state index contributed by atoms with van der Waals surface area (Å²) in [4.78, 5) is 11.5. The first kappa shape index (κ1) is 13.2. The highest BCUT2D eigenvalue weighted by Crippen LogP contribution is 2.26. The monoisotopic (exact) mass is 284 g/mol. The van der Waals surface area contributed by atoms with Crippen LogP contribution in [-0.4, -0.2) is 12.9 Å². The Bertz CT molecular complexity index is 372. The molecule has 0 aliphatic rings. The molecule has 0 amide bonds. The number of carbonyl (C=O) groups is 1. The van der Waals surface area contributed by atoms with Crippen molar-refractivity contribution in [3.05, 3.63) is 28.2 Å². The molecule has 0 saturated carbocycles. The zero-order valence-corrected chi connectivity index (χ0v) is 11.5. The van der Waals surface area contributed by atoms with Crippen LogP contribution >= 0.6 is 15.9 Å². The molecule has 0 saturated heterocycles. The zero-order chi connectivity index (χ0) is 12.1. The highest BCUT2D eigenvalue weighted by Gasteiger charge is 2.08. The number of carbonyl (C=O) groups excluding carboxylic acids is 1. The normalized spacial score (nSPS) is 10.6. The molecule has 0 atom stereocenters. The SMILES string of the molecule is COc1ccc(CCC(=O)C(C)C)cc1Br. The van der Waals surface area contributed by atoms with Crippen LogP contribution in [0.15, 0.2) is 22.7 Å². The molecule has 0 fully saturated rings. The van der Waals surface area contributed by atoms with E-state index >= 15 is 0 Å². The molecule has 88 valence electrons. The van der Waals surface area contributed by atoms with E-state index < -0.39 is 0 Å². The lowest BCUT2D eigenvalue weighted by atomic mass is 10.0. The Labute approximate surface area is 105 Å². The van der Waals surface area contributed by atoms with Crippen LogP contribution in [0.1, 0.15) is 25.8 Å². The van der Waals surface area contributed by atoms with Gasteiger partial charge in [-0.15, -0.1) is 0 Å². The first-order chi connectivity index (χ1) is 7.54. The van der Waals surface area contributed by atoms with Crippen molar-refractivity contribution in [1.82, 2.24) is 0 Å². The fourth-order valence-electron chi connectivity index (χ4n) is 1.42. The molecule has 0 aliphatic heterocycles. The van der Waals surface area contributed by atoms with E-state index in [1.54, 1.807) is 7.11 Å². The van der Waals surface area contributed by atoms with E-state index in [1.165, 1.54) is 0 Å². The predicted octanol–water partition coefficient (Wildman–Crippen LogP) is 3.62. The van der Waals surface area contributed by atoms with E-state index in [-0.39, 0.29) is 5.92 Å². The Morgan fingerprint density at radius 2 is 2.12 bits per heavy atom. The van der Waals surface area contributed by atoms with Crippen molar-refractivity contribution in [2.24, 2.45) is 5.92 Å². The Kier molecular flexibility index (Phi) is 5.00. The smallest absolute Gasteiger partial charge is 0.135 e. The maximum absolute atomic E-state index is 11.5. The third kappa shape index (κ3) is 3.63. The molecule has 1 aromatic carbocycles. The highest BCUT2D eigenvalue weighted by molar-refractivity contribution is 9.10. The first-order valence-electron chi connectivity index (χ1n) is 5.39. The molecule has 0 bridgehead atoms. The summed E-state index contributed by atoms with van der Waals surface area (Å²) in [6.07, 6.45) is 1.40. The molecule has 16 heavy (non-hydrogen) atoms. The summed E-state index contributed by atoms with van der Waals surface area (Å²) < 4.78 is 6.08. The number of halogens is 1. The van der Waals surface area contributed by atoms with Gasteiger partial charge in [0.15, 0.2) is 0 Å². The molecular weight excluding hydrogens is 268 g/mol. The first-order valence-corrected chi connectivity index (χ1v) is 6.19. The van der Waals surface area contributed by atoms with Crippen LogP contribution < -0.4 is 4.74 Å². The number of hydrogen-bond donors (Lipinski definition) is 0. The van der Waals surface area contributed by atoms with Crippen LogP contribution in [-0.2, 0) is 11.2 Å². The highest BCUT2D eigenvalue weighted by atomic mass is 79.9. The topological polar surface area (TPSA) is 26.3 Å². The zero-order valence-electron chi connectivity index (χ0n) is 9.92. The molecule has 0 N–H and O–H groups in total. The van der Waals surface area contributed by atoms with E-state index in [0.29, 0.717) is 12.2 Å². The maximum Gasteiger partial charge on any atom is 0.135 e. The second-order valence-corrected chi connectivity index (χ2v) is 4.94. The van der Waals surface area contributed by atoms with Crippen molar-refractivity contribution < 1.29 is 9.53 Å². The summed E-state index contributed by atoms with van der Waals surface area (Å²) in [6, 6.07) is 5.92. The van der Waals surface area contributed by atoms with Crippen LogP contribution in [0.4, 0.5) is 0 Å². The van der Waals surface area contributed by atoms with Crippen LogP contribution in [0.3, 0.4) is 0 Å². The third-order valence-electron chi connectivity index (χ3n) is 2.52. The Balaban J connectivity index is 2.62. The van der Waals surface area contributed by atoms with Crippen molar-refractivity contribution in [2.75, 3.05) is 7.11 Å². The number of aryl methyl sites for hydroxylation is 1. The third-order valence-corrected chi connectivity index (χ3v) is 3.14. The largest absolute Gasteiger partial charge is 0.496 e. The fraction of sp³-hybridized carbons (Fsp3) is 0.462. The minimum Gasteiger partial charge on any atom is -0.496 e. The van der Waals surface area contributed by atoms with Gasteiger partial charge in [-0.25, -0.2) is 0 Å². The summed E-state index contributed by atoms with van der Waals surface area (Å²) in [7, 11) is 1.64. The average Bonchev–Trinajstić information content (AvgIpc) is 2.25.